The molecular weight excluding hydrogens is 305 g/mol. The van der Waals surface area contributed by atoms with Crippen molar-refractivity contribution < 1.29 is 4.79 Å². The van der Waals surface area contributed by atoms with E-state index in [0.717, 1.165) is 5.56 Å². The molecule has 0 bridgehead atoms. The van der Waals surface area contributed by atoms with E-state index >= 15 is 0 Å². The van der Waals surface area contributed by atoms with E-state index in [-0.39, 0.29) is 11.7 Å². The summed E-state index contributed by atoms with van der Waals surface area (Å²) in [5.41, 5.74) is 1.33. The Morgan fingerprint density at radius 2 is 1.76 bits per heavy atom. The van der Waals surface area contributed by atoms with Crippen LogP contribution in [-0.2, 0) is 0 Å². The summed E-state index contributed by atoms with van der Waals surface area (Å²) in [5, 5.41) is 9.85. The summed E-state index contributed by atoms with van der Waals surface area (Å²) >= 11 is 12.0. The van der Waals surface area contributed by atoms with Gasteiger partial charge < -0.3 is 0 Å². The summed E-state index contributed by atoms with van der Waals surface area (Å²) in [6, 6.07) is 16.2. The van der Waals surface area contributed by atoms with Crippen molar-refractivity contribution in [3.05, 3.63) is 69.7 Å². The highest BCUT2D eigenvalue weighted by Gasteiger charge is 2.23. The van der Waals surface area contributed by atoms with Gasteiger partial charge in [-0.3, -0.25) is 4.79 Å². The Kier molecular flexibility index (Phi) is 5.38. The SMILES string of the molecule is N#CCCC(C(=O)c1ccccc1Cl)c1ccc(Cl)cc1. The van der Waals surface area contributed by atoms with Gasteiger partial charge in [-0.1, -0.05) is 47.5 Å². The Bertz CT molecular complexity index is 674. The number of hydrogen-bond acceptors (Lipinski definition) is 2. The number of rotatable bonds is 5. The summed E-state index contributed by atoms with van der Waals surface area (Å²) in [6.45, 7) is 0. The first-order valence-electron chi connectivity index (χ1n) is 6.54. The zero-order valence-electron chi connectivity index (χ0n) is 11.2. The smallest absolute Gasteiger partial charge is 0.171 e. The average Bonchev–Trinajstić information content (AvgIpc) is 2.49. The average molecular weight is 318 g/mol. The van der Waals surface area contributed by atoms with Crippen molar-refractivity contribution in [2.45, 2.75) is 18.8 Å². The van der Waals surface area contributed by atoms with Gasteiger partial charge in [-0.15, -0.1) is 0 Å². The van der Waals surface area contributed by atoms with E-state index in [1.165, 1.54) is 0 Å². The molecule has 0 radical (unpaired) electrons. The third kappa shape index (κ3) is 3.85. The topological polar surface area (TPSA) is 40.9 Å². The maximum atomic E-state index is 12.7. The van der Waals surface area contributed by atoms with Crippen molar-refractivity contribution in [3.63, 3.8) is 0 Å². The molecule has 4 heteroatoms. The van der Waals surface area contributed by atoms with Gasteiger partial charge in [0.05, 0.1) is 11.1 Å². The number of carbonyl (C=O) groups is 1. The van der Waals surface area contributed by atoms with Crippen LogP contribution < -0.4 is 0 Å². The minimum absolute atomic E-state index is 0.0711. The molecule has 0 N–H and O–H groups in total. The highest BCUT2D eigenvalue weighted by molar-refractivity contribution is 6.34. The molecule has 2 rings (SSSR count). The molecule has 2 nitrogen and oxygen atoms in total. The fourth-order valence-corrected chi connectivity index (χ4v) is 2.56. The van der Waals surface area contributed by atoms with Crippen molar-refractivity contribution in [2.75, 3.05) is 0 Å². The molecule has 2 aromatic carbocycles. The zero-order valence-corrected chi connectivity index (χ0v) is 12.7. The Morgan fingerprint density at radius 3 is 2.38 bits per heavy atom. The molecule has 0 aliphatic carbocycles. The van der Waals surface area contributed by atoms with Gasteiger partial charge in [0.25, 0.3) is 0 Å². The molecule has 0 aromatic heterocycles. The molecule has 0 heterocycles. The molecule has 106 valence electrons. The van der Waals surface area contributed by atoms with E-state index in [2.05, 4.69) is 6.07 Å². The predicted octanol–water partition coefficient (Wildman–Crippen LogP) is 5.26. The Hall–Kier alpha value is -1.82. The molecule has 0 spiro atoms. The highest BCUT2D eigenvalue weighted by atomic mass is 35.5. The number of Topliss-reactive ketones (excluding diaryl/α,β-unsaturated/α-hetero) is 1. The fraction of sp³-hybridized carbons (Fsp3) is 0.176. The van der Waals surface area contributed by atoms with E-state index in [9.17, 15) is 4.79 Å². The number of hydrogen-bond donors (Lipinski definition) is 0. The third-order valence-corrected chi connectivity index (χ3v) is 3.85. The van der Waals surface area contributed by atoms with Gasteiger partial charge in [0.1, 0.15) is 0 Å². The van der Waals surface area contributed by atoms with Crippen LogP contribution in [0.3, 0.4) is 0 Å². The number of nitriles is 1. The van der Waals surface area contributed by atoms with E-state index in [1.807, 2.05) is 12.1 Å². The molecule has 0 saturated carbocycles. The van der Waals surface area contributed by atoms with Gasteiger partial charge >= 0.3 is 0 Å². The van der Waals surface area contributed by atoms with Crippen molar-refractivity contribution in [1.29, 1.82) is 5.26 Å². The second kappa shape index (κ2) is 7.26. The van der Waals surface area contributed by atoms with Crippen LogP contribution in [0.4, 0.5) is 0 Å². The van der Waals surface area contributed by atoms with E-state index in [1.54, 1.807) is 36.4 Å². The van der Waals surface area contributed by atoms with Gasteiger partial charge in [0.2, 0.25) is 0 Å². The Labute approximate surface area is 133 Å². The quantitative estimate of drug-likeness (QED) is 0.705. The fourth-order valence-electron chi connectivity index (χ4n) is 2.20. The predicted molar refractivity (Wildman–Crippen MR) is 84.8 cm³/mol. The Balaban J connectivity index is 2.36. The van der Waals surface area contributed by atoms with Gasteiger partial charge in [-0.2, -0.15) is 5.26 Å². The molecule has 0 saturated heterocycles. The largest absolute Gasteiger partial charge is 0.293 e. The van der Waals surface area contributed by atoms with Gasteiger partial charge in [-0.05, 0) is 36.2 Å². The van der Waals surface area contributed by atoms with Crippen LogP contribution in [-0.4, -0.2) is 5.78 Å². The lowest BCUT2D eigenvalue weighted by Crippen LogP contribution is -2.13. The van der Waals surface area contributed by atoms with Crippen molar-refractivity contribution in [1.82, 2.24) is 0 Å². The summed E-state index contributed by atoms with van der Waals surface area (Å²) in [7, 11) is 0. The summed E-state index contributed by atoms with van der Waals surface area (Å²) in [6.07, 6.45) is 0.770. The molecule has 0 fully saturated rings. The first kappa shape index (κ1) is 15.6. The summed E-state index contributed by atoms with van der Waals surface area (Å²) in [5.74, 6) is -0.458. The molecule has 1 atom stereocenters. The molecule has 0 amide bonds. The minimum atomic E-state index is -0.387. The lowest BCUT2D eigenvalue weighted by atomic mass is 9.87. The van der Waals surface area contributed by atoms with Crippen LogP contribution in [0.2, 0.25) is 10.0 Å². The van der Waals surface area contributed by atoms with Gasteiger partial charge in [0.15, 0.2) is 5.78 Å². The maximum absolute atomic E-state index is 12.7. The summed E-state index contributed by atoms with van der Waals surface area (Å²) < 4.78 is 0. The van der Waals surface area contributed by atoms with Crippen LogP contribution in [0.15, 0.2) is 48.5 Å². The Morgan fingerprint density at radius 1 is 1.10 bits per heavy atom. The molecule has 0 aliphatic heterocycles. The molecule has 2 aromatic rings. The van der Waals surface area contributed by atoms with Gasteiger partial charge in [-0.25, -0.2) is 0 Å². The van der Waals surface area contributed by atoms with E-state index < -0.39 is 0 Å². The maximum Gasteiger partial charge on any atom is 0.171 e. The van der Waals surface area contributed by atoms with Crippen molar-refractivity contribution >= 4 is 29.0 Å². The lowest BCUT2D eigenvalue weighted by molar-refractivity contribution is 0.0956. The number of benzene rings is 2. The van der Waals surface area contributed by atoms with E-state index in [4.69, 9.17) is 28.5 Å². The van der Waals surface area contributed by atoms with Gasteiger partial charge in [0, 0.05) is 22.9 Å². The van der Waals surface area contributed by atoms with E-state index in [0.29, 0.717) is 28.5 Å². The lowest BCUT2D eigenvalue weighted by Gasteiger charge is -2.16. The number of ketones is 1. The highest BCUT2D eigenvalue weighted by Crippen LogP contribution is 2.29. The standard InChI is InChI=1S/C17H13Cl2NO/c18-13-9-7-12(8-10-13)14(5-3-11-20)17(21)15-4-1-2-6-16(15)19/h1-2,4,6-10,14H,3,5H2. The van der Waals surface area contributed by atoms with Crippen LogP contribution in [0, 0.1) is 11.3 Å². The normalized spacial score (nSPS) is 11.7. The zero-order chi connectivity index (χ0) is 15.2. The second-order valence-corrected chi connectivity index (χ2v) is 5.49. The minimum Gasteiger partial charge on any atom is -0.293 e. The first-order chi connectivity index (χ1) is 10.1. The monoisotopic (exact) mass is 317 g/mol. The second-order valence-electron chi connectivity index (χ2n) is 4.65. The van der Waals surface area contributed by atoms with Crippen LogP contribution >= 0.6 is 23.2 Å². The number of nitrogens with zero attached hydrogens (tertiary/aromatic N) is 1. The number of carbonyl (C=O) groups excluding carboxylic acids is 1. The van der Waals surface area contributed by atoms with Crippen LogP contribution in [0.1, 0.15) is 34.7 Å². The molecular formula is C17H13Cl2NO. The third-order valence-electron chi connectivity index (χ3n) is 3.27. The first-order valence-corrected chi connectivity index (χ1v) is 7.30. The molecule has 21 heavy (non-hydrogen) atoms. The molecule has 0 aliphatic rings. The van der Waals surface area contributed by atoms with Crippen LogP contribution in [0.5, 0.6) is 0 Å². The summed E-state index contributed by atoms with van der Waals surface area (Å²) in [4.78, 5) is 12.7. The van der Waals surface area contributed by atoms with Crippen molar-refractivity contribution in [2.24, 2.45) is 0 Å². The van der Waals surface area contributed by atoms with Crippen molar-refractivity contribution in [3.8, 4) is 6.07 Å². The number of halogens is 2. The van der Waals surface area contributed by atoms with Crippen LogP contribution in [0.25, 0.3) is 0 Å². The molecule has 1 unspecified atom stereocenters.